The summed E-state index contributed by atoms with van der Waals surface area (Å²) in [5.41, 5.74) is 13.1. The molecule has 55 heavy (non-hydrogen) atoms. The second-order valence-electron chi connectivity index (χ2n) is 14.1. The van der Waals surface area contributed by atoms with Crippen molar-refractivity contribution in [1.82, 2.24) is 4.57 Å². The number of anilines is 3. The lowest BCUT2D eigenvalue weighted by molar-refractivity contribution is 0.670. The smallest absolute Gasteiger partial charge is 0.143 e. The van der Waals surface area contributed by atoms with E-state index in [0.29, 0.717) is 0 Å². The van der Waals surface area contributed by atoms with Crippen LogP contribution in [0.4, 0.5) is 17.1 Å². The average Bonchev–Trinajstić information content (AvgIpc) is 3.80. The molecule has 0 saturated heterocycles. The number of aromatic nitrogens is 1. The number of nitrogens with zero attached hydrogens (tertiary/aromatic N) is 2. The van der Waals surface area contributed by atoms with E-state index in [1.165, 1.54) is 32.6 Å². The molecule has 0 amide bonds. The van der Waals surface area contributed by atoms with E-state index in [0.717, 1.165) is 66.9 Å². The first-order chi connectivity index (χ1) is 27.3. The molecule has 11 aromatic rings. The van der Waals surface area contributed by atoms with Gasteiger partial charge in [0.1, 0.15) is 11.2 Å². The Morgan fingerprint density at radius 1 is 0.400 bits per heavy atom. The van der Waals surface area contributed by atoms with E-state index < -0.39 is 0 Å². The van der Waals surface area contributed by atoms with E-state index in [1.54, 1.807) is 0 Å². The predicted octanol–water partition coefficient (Wildman–Crippen LogP) is 14.6. The molecule has 3 heteroatoms. The Kier molecular flexibility index (Phi) is 7.17. The standard InChI is InChI=1S/C52H34N2O/c1-3-15-35(16-4-1)41-21-9-11-25-46(41)54(49-28-14-27-48-51(49)44-22-10-12-26-47(44)53(48)39-19-5-2-6-20-39)40-31-29-36(30-32-40)42-23-13-24-43-45-33-37-17-7-8-18-38(37)34-50(45)55-52(42)43/h1-34H. The molecule has 0 atom stereocenters. The van der Waals surface area contributed by atoms with Crippen molar-refractivity contribution in [2.75, 3.05) is 4.90 Å². The Bertz CT molecular complexity index is 3190. The van der Waals surface area contributed by atoms with Crippen molar-refractivity contribution < 1.29 is 4.42 Å². The van der Waals surface area contributed by atoms with Gasteiger partial charge in [0, 0.05) is 44.0 Å². The highest BCUT2D eigenvalue weighted by atomic mass is 16.3. The summed E-state index contributed by atoms with van der Waals surface area (Å²) in [5, 5.41) is 7.07. The zero-order valence-corrected chi connectivity index (χ0v) is 29.9. The van der Waals surface area contributed by atoms with Gasteiger partial charge in [0.25, 0.3) is 0 Å². The molecule has 2 heterocycles. The van der Waals surface area contributed by atoms with Crippen LogP contribution >= 0.6 is 0 Å². The SMILES string of the molecule is c1ccc(-c2ccccc2N(c2ccc(-c3cccc4c3oc3cc5ccccc5cc34)cc2)c2cccc3c2c2ccccc2n3-c2ccccc2)cc1. The minimum atomic E-state index is 0.907. The quantitative estimate of drug-likeness (QED) is 0.172. The second kappa shape index (κ2) is 12.6. The van der Waals surface area contributed by atoms with Gasteiger partial charge in [-0.25, -0.2) is 0 Å². The van der Waals surface area contributed by atoms with Crippen molar-refractivity contribution in [3.63, 3.8) is 0 Å². The summed E-state index contributed by atoms with van der Waals surface area (Å²) in [6, 6.07) is 73.9. The summed E-state index contributed by atoms with van der Waals surface area (Å²) in [6.07, 6.45) is 0. The van der Waals surface area contributed by atoms with E-state index in [9.17, 15) is 0 Å². The fourth-order valence-corrected chi connectivity index (χ4v) is 8.48. The van der Waals surface area contributed by atoms with Gasteiger partial charge in [-0.05, 0) is 82.6 Å². The van der Waals surface area contributed by atoms with Crippen molar-refractivity contribution in [3.05, 3.63) is 206 Å². The van der Waals surface area contributed by atoms with Gasteiger partial charge in [-0.15, -0.1) is 0 Å². The lowest BCUT2D eigenvalue weighted by Crippen LogP contribution is -2.11. The predicted molar refractivity (Wildman–Crippen MR) is 231 cm³/mol. The van der Waals surface area contributed by atoms with Crippen LogP contribution in [-0.4, -0.2) is 4.57 Å². The van der Waals surface area contributed by atoms with E-state index >= 15 is 0 Å². The van der Waals surface area contributed by atoms with Crippen LogP contribution in [0.3, 0.4) is 0 Å². The number of hydrogen-bond acceptors (Lipinski definition) is 2. The molecular weight excluding hydrogens is 669 g/mol. The van der Waals surface area contributed by atoms with Gasteiger partial charge < -0.3 is 13.9 Å². The number of fused-ring (bicyclic) bond motifs is 7. The highest BCUT2D eigenvalue weighted by Crippen LogP contribution is 2.47. The molecular formula is C52H34N2O. The molecule has 2 aromatic heterocycles. The molecule has 11 rings (SSSR count). The van der Waals surface area contributed by atoms with Gasteiger partial charge in [-0.2, -0.15) is 0 Å². The Morgan fingerprint density at radius 2 is 1.00 bits per heavy atom. The third kappa shape index (κ3) is 5.05. The fourth-order valence-electron chi connectivity index (χ4n) is 8.48. The molecule has 0 bridgehead atoms. The third-order valence-corrected chi connectivity index (χ3v) is 11.0. The Morgan fingerprint density at radius 3 is 1.84 bits per heavy atom. The summed E-state index contributed by atoms with van der Waals surface area (Å²) in [7, 11) is 0. The first-order valence-corrected chi connectivity index (χ1v) is 18.8. The molecule has 0 aliphatic heterocycles. The van der Waals surface area contributed by atoms with Crippen molar-refractivity contribution in [1.29, 1.82) is 0 Å². The lowest BCUT2D eigenvalue weighted by atomic mass is 9.99. The third-order valence-electron chi connectivity index (χ3n) is 11.0. The molecule has 0 aliphatic carbocycles. The number of hydrogen-bond donors (Lipinski definition) is 0. The molecule has 258 valence electrons. The summed E-state index contributed by atoms with van der Waals surface area (Å²) in [4.78, 5) is 2.43. The molecule has 0 N–H and O–H groups in total. The monoisotopic (exact) mass is 702 g/mol. The van der Waals surface area contributed by atoms with Crippen LogP contribution in [-0.2, 0) is 0 Å². The summed E-state index contributed by atoms with van der Waals surface area (Å²) >= 11 is 0. The minimum absolute atomic E-state index is 0.907. The fraction of sp³-hybridized carbons (Fsp3) is 0. The van der Waals surface area contributed by atoms with Crippen LogP contribution in [0.25, 0.3) is 82.5 Å². The molecule has 3 nitrogen and oxygen atoms in total. The largest absolute Gasteiger partial charge is 0.455 e. The van der Waals surface area contributed by atoms with E-state index in [1.807, 2.05) is 0 Å². The van der Waals surface area contributed by atoms with E-state index in [4.69, 9.17) is 4.42 Å². The molecule has 0 unspecified atom stereocenters. The molecule has 0 spiro atoms. The van der Waals surface area contributed by atoms with Crippen molar-refractivity contribution in [3.8, 4) is 27.9 Å². The van der Waals surface area contributed by atoms with Crippen molar-refractivity contribution in [2.45, 2.75) is 0 Å². The maximum atomic E-state index is 6.64. The summed E-state index contributed by atoms with van der Waals surface area (Å²) in [5.74, 6) is 0. The van der Waals surface area contributed by atoms with Crippen LogP contribution in [0, 0.1) is 0 Å². The molecule has 0 aliphatic rings. The molecule has 0 saturated carbocycles. The normalized spacial score (nSPS) is 11.6. The van der Waals surface area contributed by atoms with Crippen LogP contribution in [0.1, 0.15) is 0 Å². The summed E-state index contributed by atoms with van der Waals surface area (Å²) < 4.78 is 9.03. The molecule has 9 aromatic carbocycles. The average molecular weight is 703 g/mol. The zero-order chi connectivity index (χ0) is 36.3. The first kappa shape index (κ1) is 31.2. The number of benzene rings is 9. The van der Waals surface area contributed by atoms with Crippen LogP contribution in [0.2, 0.25) is 0 Å². The van der Waals surface area contributed by atoms with Gasteiger partial charge >= 0.3 is 0 Å². The zero-order valence-electron chi connectivity index (χ0n) is 29.9. The lowest BCUT2D eigenvalue weighted by Gasteiger charge is -2.29. The van der Waals surface area contributed by atoms with Gasteiger partial charge in [0.15, 0.2) is 0 Å². The first-order valence-electron chi connectivity index (χ1n) is 18.8. The van der Waals surface area contributed by atoms with Gasteiger partial charge in [-0.3, -0.25) is 0 Å². The Hall–Kier alpha value is -7.36. The Labute approximate surface area is 318 Å². The van der Waals surface area contributed by atoms with E-state index in [-0.39, 0.29) is 0 Å². The van der Waals surface area contributed by atoms with Crippen LogP contribution < -0.4 is 4.90 Å². The van der Waals surface area contributed by atoms with Gasteiger partial charge in [0.2, 0.25) is 0 Å². The highest BCUT2D eigenvalue weighted by Gasteiger charge is 2.23. The molecule has 0 radical (unpaired) electrons. The second-order valence-corrected chi connectivity index (χ2v) is 14.1. The van der Waals surface area contributed by atoms with Gasteiger partial charge in [-0.1, -0.05) is 146 Å². The number of rotatable bonds is 6. The van der Waals surface area contributed by atoms with Crippen LogP contribution in [0.15, 0.2) is 211 Å². The van der Waals surface area contributed by atoms with Crippen molar-refractivity contribution in [2.24, 2.45) is 0 Å². The maximum Gasteiger partial charge on any atom is 0.143 e. The minimum Gasteiger partial charge on any atom is -0.455 e. The van der Waals surface area contributed by atoms with Crippen LogP contribution in [0.5, 0.6) is 0 Å². The maximum absolute atomic E-state index is 6.64. The highest BCUT2D eigenvalue weighted by molar-refractivity contribution is 6.17. The number of para-hydroxylation sites is 4. The number of furan rings is 1. The molecule has 0 fully saturated rings. The Balaban J connectivity index is 1.13. The topological polar surface area (TPSA) is 21.3 Å². The van der Waals surface area contributed by atoms with Gasteiger partial charge in [0.05, 0.1) is 22.4 Å². The van der Waals surface area contributed by atoms with E-state index in [2.05, 4.69) is 216 Å². The summed E-state index contributed by atoms with van der Waals surface area (Å²) in [6.45, 7) is 0. The van der Waals surface area contributed by atoms with Crippen molar-refractivity contribution >= 4 is 71.6 Å².